The van der Waals surface area contributed by atoms with Gasteiger partial charge in [-0.2, -0.15) is 0 Å². The zero-order valence-corrected chi connectivity index (χ0v) is 12.2. The van der Waals surface area contributed by atoms with E-state index in [9.17, 15) is 4.79 Å². The SMILES string of the molecule is CCCc1c(NC)ncnc1NCCC(=O)N(C)C. The predicted octanol–water partition coefficient (Wildman–Crippen LogP) is 1.36. The number of aromatic nitrogens is 2. The van der Waals surface area contributed by atoms with Crippen LogP contribution in [0.4, 0.5) is 11.6 Å². The van der Waals surface area contributed by atoms with Crippen molar-refractivity contribution in [3.05, 3.63) is 11.9 Å². The summed E-state index contributed by atoms with van der Waals surface area (Å²) in [5.74, 6) is 1.76. The molecule has 2 N–H and O–H groups in total. The minimum atomic E-state index is 0.104. The van der Waals surface area contributed by atoms with Gasteiger partial charge in [-0.3, -0.25) is 4.79 Å². The topological polar surface area (TPSA) is 70.1 Å². The third kappa shape index (κ3) is 4.39. The van der Waals surface area contributed by atoms with Crippen LogP contribution in [-0.4, -0.2) is 48.5 Å². The molecule has 0 aliphatic rings. The Kier molecular flexibility index (Phi) is 6.05. The second-order valence-electron chi connectivity index (χ2n) is 4.51. The van der Waals surface area contributed by atoms with Crippen molar-refractivity contribution in [2.24, 2.45) is 0 Å². The minimum absolute atomic E-state index is 0.104. The van der Waals surface area contributed by atoms with Crippen LogP contribution in [0.3, 0.4) is 0 Å². The average molecular weight is 265 g/mol. The monoisotopic (exact) mass is 265 g/mol. The summed E-state index contributed by atoms with van der Waals surface area (Å²) >= 11 is 0. The lowest BCUT2D eigenvalue weighted by Gasteiger charge is -2.14. The molecule has 0 unspecified atom stereocenters. The van der Waals surface area contributed by atoms with E-state index in [1.807, 2.05) is 7.05 Å². The molecule has 0 fully saturated rings. The highest BCUT2D eigenvalue weighted by molar-refractivity contribution is 5.76. The smallest absolute Gasteiger partial charge is 0.223 e. The van der Waals surface area contributed by atoms with Gasteiger partial charge in [-0.05, 0) is 6.42 Å². The van der Waals surface area contributed by atoms with Gasteiger partial charge < -0.3 is 15.5 Å². The highest BCUT2D eigenvalue weighted by Crippen LogP contribution is 2.21. The summed E-state index contributed by atoms with van der Waals surface area (Å²) in [4.78, 5) is 21.6. The summed E-state index contributed by atoms with van der Waals surface area (Å²) in [5.41, 5.74) is 1.07. The highest BCUT2D eigenvalue weighted by Gasteiger charge is 2.10. The molecule has 1 rings (SSSR count). The van der Waals surface area contributed by atoms with Gasteiger partial charge in [0.15, 0.2) is 0 Å². The lowest BCUT2D eigenvalue weighted by Crippen LogP contribution is -2.24. The van der Waals surface area contributed by atoms with Crippen molar-refractivity contribution in [2.75, 3.05) is 38.3 Å². The van der Waals surface area contributed by atoms with E-state index in [0.29, 0.717) is 13.0 Å². The first-order valence-electron chi connectivity index (χ1n) is 6.55. The van der Waals surface area contributed by atoms with Crippen LogP contribution in [0.15, 0.2) is 6.33 Å². The fraction of sp³-hybridized carbons (Fsp3) is 0.615. The molecule has 1 amide bonds. The van der Waals surface area contributed by atoms with Crippen molar-refractivity contribution in [1.29, 1.82) is 0 Å². The molecule has 1 aromatic rings. The molecule has 0 aromatic carbocycles. The molecule has 0 bridgehead atoms. The maximum atomic E-state index is 11.5. The van der Waals surface area contributed by atoms with Gasteiger partial charge in [-0.1, -0.05) is 13.3 Å². The van der Waals surface area contributed by atoms with Gasteiger partial charge in [0.25, 0.3) is 0 Å². The molecule has 6 nitrogen and oxygen atoms in total. The Hall–Kier alpha value is -1.85. The van der Waals surface area contributed by atoms with Crippen molar-refractivity contribution in [3.63, 3.8) is 0 Å². The number of nitrogens with one attached hydrogen (secondary N) is 2. The molecule has 0 aliphatic heterocycles. The van der Waals surface area contributed by atoms with E-state index < -0.39 is 0 Å². The van der Waals surface area contributed by atoms with E-state index in [1.165, 1.54) is 6.33 Å². The van der Waals surface area contributed by atoms with Gasteiger partial charge in [0.05, 0.1) is 0 Å². The molecule has 6 heteroatoms. The normalized spacial score (nSPS) is 10.1. The summed E-state index contributed by atoms with van der Waals surface area (Å²) in [7, 11) is 5.37. The van der Waals surface area contributed by atoms with E-state index in [0.717, 1.165) is 30.0 Å². The van der Waals surface area contributed by atoms with Crippen molar-refractivity contribution < 1.29 is 4.79 Å². The van der Waals surface area contributed by atoms with Crippen molar-refractivity contribution >= 4 is 17.5 Å². The molecular weight excluding hydrogens is 242 g/mol. The zero-order valence-electron chi connectivity index (χ0n) is 12.2. The van der Waals surface area contributed by atoms with Gasteiger partial charge >= 0.3 is 0 Å². The lowest BCUT2D eigenvalue weighted by molar-refractivity contribution is -0.128. The van der Waals surface area contributed by atoms with Crippen LogP contribution in [0.5, 0.6) is 0 Å². The summed E-state index contributed by atoms with van der Waals surface area (Å²) in [6, 6.07) is 0. The maximum absolute atomic E-state index is 11.5. The first-order chi connectivity index (χ1) is 9.10. The largest absolute Gasteiger partial charge is 0.373 e. The summed E-state index contributed by atoms with van der Waals surface area (Å²) in [5, 5.41) is 6.29. The van der Waals surface area contributed by atoms with Crippen LogP contribution in [0.25, 0.3) is 0 Å². The van der Waals surface area contributed by atoms with Crippen molar-refractivity contribution in [2.45, 2.75) is 26.2 Å². The number of nitrogens with zero attached hydrogens (tertiary/aromatic N) is 3. The van der Waals surface area contributed by atoms with Crippen LogP contribution in [0, 0.1) is 0 Å². The van der Waals surface area contributed by atoms with Gasteiger partial charge in [0.1, 0.15) is 18.0 Å². The Morgan fingerprint density at radius 3 is 2.58 bits per heavy atom. The number of rotatable bonds is 7. The molecule has 0 saturated heterocycles. The van der Waals surface area contributed by atoms with E-state index in [4.69, 9.17) is 0 Å². The van der Waals surface area contributed by atoms with E-state index in [2.05, 4.69) is 27.5 Å². The standard InChI is InChI=1S/C13H23N5O/c1-5-6-10-12(14-2)16-9-17-13(10)15-8-7-11(19)18(3)4/h9H,5-8H2,1-4H3,(H2,14,15,16,17). The number of hydrogen-bond donors (Lipinski definition) is 2. The van der Waals surface area contributed by atoms with E-state index >= 15 is 0 Å². The van der Waals surface area contributed by atoms with Crippen LogP contribution in [-0.2, 0) is 11.2 Å². The summed E-state index contributed by atoms with van der Waals surface area (Å²) < 4.78 is 0. The third-order valence-corrected chi connectivity index (χ3v) is 2.81. The lowest BCUT2D eigenvalue weighted by atomic mass is 10.1. The van der Waals surface area contributed by atoms with Gasteiger partial charge in [0, 0.05) is 39.7 Å². The quantitative estimate of drug-likeness (QED) is 0.779. The number of hydrogen-bond acceptors (Lipinski definition) is 5. The van der Waals surface area contributed by atoms with Gasteiger partial charge in [0.2, 0.25) is 5.91 Å². The Morgan fingerprint density at radius 1 is 1.32 bits per heavy atom. The number of amides is 1. The van der Waals surface area contributed by atoms with Gasteiger partial charge in [-0.15, -0.1) is 0 Å². The summed E-state index contributed by atoms with van der Waals surface area (Å²) in [6.07, 6.45) is 3.91. The molecule has 0 spiro atoms. The Morgan fingerprint density at radius 2 is 2.00 bits per heavy atom. The van der Waals surface area contributed by atoms with Crippen LogP contribution < -0.4 is 10.6 Å². The number of carbonyl (C=O) groups is 1. The third-order valence-electron chi connectivity index (χ3n) is 2.81. The Labute approximate surface area is 114 Å². The first-order valence-corrected chi connectivity index (χ1v) is 6.55. The fourth-order valence-electron chi connectivity index (χ4n) is 1.78. The number of anilines is 2. The number of carbonyl (C=O) groups excluding carboxylic acids is 1. The van der Waals surface area contributed by atoms with E-state index in [-0.39, 0.29) is 5.91 Å². The van der Waals surface area contributed by atoms with Crippen molar-refractivity contribution in [1.82, 2.24) is 14.9 Å². The van der Waals surface area contributed by atoms with Gasteiger partial charge in [-0.25, -0.2) is 9.97 Å². The molecule has 0 atom stereocenters. The first kappa shape index (κ1) is 15.2. The average Bonchev–Trinajstić information content (AvgIpc) is 2.40. The Bertz CT molecular complexity index is 419. The fourth-order valence-corrected chi connectivity index (χ4v) is 1.78. The molecule has 0 radical (unpaired) electrons. The van der Waals surface area contributed by atoms with Crippen molar-refractivity contribution in [3.8, 4) is 0 Å². The second-order valence-corrected chi connectivity index (χ2v) is 4.51. The van der Waals surface area contributed by atoms with Crippen LogP contribution in [0.2, 0.25) is 0 Å². The highest BCUT2D eigenvalue weighted by atomic mass is 16.2. The summed E-state index contributed by atoms with van der Waals surface area (Å²) in [6.45, 7) is 2.69. The van der Waals surface area contributed by atoms with Crippen LogP contribution in [0.1, 0.15) is 25.3 Å². The van der Waals surface area contributed by atoms with Crippen LogP contribution >= 0.6 is 0 Å². The molecule has 19 heavy (non-hydrogen) atoms. The zero-order chi connectivity index (χ0) is 14.3. The van der Waals surface area contributed by atoms with E-state index in [1.54, 1.807) is 19.0 Å². The molecular formula is C13H23N5O. The molecule has 0 saturated carbocycles. The maximum Gasteiger partial charge on any atom is 0.223 e. The molecule has 1 aromatic heterocycles. The minimum Gasteiger partial charge on any atom is -0.373 e. The second kappa shape index (κ2) is 7.56. The Balaban J connectivity index is 2.69. The molecule has 106 valence electrons. The molecule has 1 heterocycles. The predicted molar refractivity (Wildman–Crippen MR) is 77.4 cm³/mol. The molecule has 0 aliphatic carbocycles.